The molecule has 0 amide bonds. The van der Waals surface area contributed by atoms with Crippen LogP contribution in [-0.2, 0) is 15.0 Å². The minimum absolute atomic E-state index is 0.0326. The number of carboxylic acid groups (broad SMARTS) is 1. The minimum Gasteiger partial charge on any atom is -0.480 e. The van der Waals surface area contributed by atoms with E-state index < -0.39 is 34.8 Å². The lowest BCUT2D eigenvalue weighted by Crippen LogP contribution is -2.55. The largest absolute Gasteiger partial charge is 0.480 e. The van der Waals surface area contributed by atoms with Crippen LogP contribution in [-0.4, -0.2) is 72.2 Å². The first kappa shape index (κ1) is 20.3. The monoisotopic (exact) mass is 352 g/mol. The molecule has 10 nitrogen and oxygen atoms in total. The number of nitrogens with zero attached hydrogens (tertiary/aromatic N) is 1. The number of carboxylic acids is 1. The fourth-order valence-electron chi connectivity index (χ4n) is 2.54. The second-order valence-electron chi connectivity index (χ2n) is 6.08. The summed E-state index contributed by atoms with van der Waals surface area (Å²) in [6, 6.07) is -0.378. The standard InChI is InChI=1S/C11H25BN4O6S/c1-8(13)5-15-23(21,22)16-6-9(3-2-4-12(19)20)11(14,7-16)10(17)18/h8-9,15,19-20H,2-7,13-14H2,1H3,(H,17,18)/t8-,9-,11+/m1/s1. The van der Waals surface area contributed by atoms with Gasteiger partial charge in [-0.05, 0) is 19.7 Å². The Morgan fingerprint density at radius 2 is 2.13 bits per heavy atom. The summed E-state index contributed by atoms with van der Waals surface area (Å²) in [6.45, 7) is 1.28. The predicted molar refractivity (Wildman–Crippen MR) is 84.4 cm³/mol. The third kappa shape index (κ3) is 5.38. The van der Waals surface area contributed by atoms with Gasteiger partial charge in [0, 0.05) is 31.6 Å². The summed E-state index contributed by atoms with van der Waals surface area (Å²) in [5.41, 5.74) is 9.73. The molecule has 23 heavy (non-hydrogen) atoms. The molecule has 1 heterocycles. The zero-order valence-corrected chi connectivity index (χ0v) is 13.9. The van der Waals surface area contributed by atoms with Crippen molar-refractivity contribution in [1.82, 2.24) is 9.03 Å². The molecule has 3 atom stereocenters. The van der Waals surface area contributed by atoms with E-state index in [4.69, 9.17) is 21.5 Å². The van der Waals surface area contributed by atoms with Crippen molar-refractivity contribution in [3.8, 4) is 0 Å². The molecule has 0 aromatic rings. The molecule has 1 aliphatic heterocycles. The van der Waals surface area contributed by atoms with Gasteiger partial charge in [0.05, 0.1) is 0 Å². The van der Waals surface area contributed by atoms with Gasteiger partial charge in [-0.3, -0.25) is 4.79 Å². The summed E-state index contributed by atoms with van der Waals surface area (Å²) in [5.74, 6) is -1.90. The van der Waals surface area contributed by atoms with Crippen molar-refractivity contribution in [3.05, 3.63) is 0 Å². The van der Waals surface area contributed by atoms with Gasteiger partial charge in [-0.2, -0.15) is 12.7 Å². The molecule has 1 fully saturated rings. The molecule has 134 valence electrons. The smallest absolute Gasteiger partial charge is 0.451 e. The lowest BCUT2D eigenvalue weighted by Gasteiger charge is -2.25. The van der Waals surface area contributed by atoms with Gasteiger partial charge in [-0.15, -0.1) is 0 Å². The van der Waals surface area contributed by atoms with Crippen molar-refractivity contribution in [2.45, 2.75) is 37.7 Å². The fourth-order valence-corrected chi connectivity index (χ4v) is 3.96. The highest BCUT2D eigenvalue weighted by Crippen LogP contribution is 2.31. The maximum atomic E-state index is 12.2. The predicted octanol–water partition coefficient (Wildman–Crippen LogP) is -2.87. The van der Waals surface area contributed by atoms with Crippen molar-refractivity contribution < 1.29 is 28.4 Å². The molecular formula is C11H25BN4O6S. The van der Waals surface area contributed by atoms with Crippen LogP contribution in [0.3, 0.4) is 0 Å². The van der Waals surface area contributed by atoms with Crippen molar-refractivity contribution in [1.29, 1.82) is 0 Å². The molecule has 8 N–H and O–H groups in total. The molecule has 12 heteroatoms. The summed E-state index contributed by atoms with van der Waals surface area (Å²) in [7, 11) is -5.36. The molecule has 0 aromatic heterocycles. The van der Waals surface area contributed by atoms with E-state index in [0.29, 0.717) is 6.42 Å². The Morgan fingerprint density at radius 3 is 2.61 bits per heavy atom. The molecule has 1 saturated heterocycles. The summed E-state index contributed by atoms with van der Waals surface area (Å²) in [6.07, 6.45) is 0.678. The molecule has 0 bridgehead atoms. The van der Waals surface area contributed by atoms with Gasteiger partial charge < -0.3 is 26.6 Å². The van der Waals surface area contributed by atoms with E-state index in [1.807, 2.05) is 0 Å². The van der Waals surface area contributed by atoms with E-state index in [1.165, 1.54) is 0 Å². The molecule has 1 rings (SSSR count). The first-order valence-corrected chi connectivity index (χ1v) is 8.81. The Labute approximate surface area is 136 Å². The van der Waals surface area contributed by atoms with E-state index in [0.717, 1.165) is 4.31 Å². The Hall–Kier alpha value is -0.755. The highest BCUT2D eigenvalue weighted by molar-refractivity contribution is 7.87. The van der Waals surface area contributed by atoms with Crippen molar-refractivity contribution in [2.24, 2.45) is 17.4 Å². The number of nitrogens with one attached hydrogen (secondary N) is 1. The first-order valence-electron chi connectivity index (χ1n) is 7.37. The number of hydrogen-bond acceptors (Lipinski definition) is 7. The third-order valence-electron chi connectivity index (χ3n) is 3.93. The fraction of sp³-hybridized carbons (Fsp3) is 0.909. The van der Waals surface area contributed by atoms with Gasteiger partial charge in [0.15, 0.2) is 0 Å². The van der Waals surface area contributed by atoms with Crippen molar-refractivity contribution >= 4 is 23.3 Å². The zero-order chi connectivity index (χ0) is 17.8. The molecule has 0 aromatic carbocycles. The van der Waals surface area contributed by atoms with E-state index in [-0.39, 0.29) is 38.4 Å². The van der Waals surface area contributed by atoms with E-state index in [1.54, 1.807) is 6.92 Å². The van der Waals surface area contributed by atoms with Gasteiger partial charge in [0.1, 0.15) is 5.54 Å². The Kier molecular flexibility index (Phi) is 6.95. The number of rotatable bonds is 9. The second-order valence-corrected chi connectivity index (χ2v) is 7.83. The first-order chi connectivity index (χ1) is 10.5. The highest BCUT2D eigenvalue weighted by atomic mass is 32.2. The lowest BCUT2D eigenvalue weighted by atomic mass is 9.78. The maximum Gasteiger partial charge on any atom is 0.451 e. The van der Waals surface area contributed by atoms with Gasteiger partial charge >= 0.3 is 13.1 Å². The Bertz CT molecular complexity index is 517. The summed E-state index contributed by atoms with van der Waals surface area (Å²) in [5, 5.41) is 27.1. The summed E-state index contributed by atoms with van der Waals surface area (Å²) >= 11 is 0. The van der Waals surface area contributed by atoms with Gasteiger partial charge in [0.25, 0.3) is 10.2 Å². The summed E-state index contributed by atoms with van der Waals surface area (Å²) < 4.78 is 27.7. The molecular weight excluding hydrogens is 327 g/mol. The van der Waals surface area contributed by atoms with Crippen molar-refractivity contribution in [3.63, 3.8) is 0 Å². The molecule has 0 spiro atoms. The van der Waals surface area contributed by atoms with E-state index in [2.05, 4.69) is 4.72 Å². The number of carbonyl (C=O) groups is 1. The Morgan fingerprint density at radius 1 is 1.52 bits per heavy atom. The SMILES string of the molecule is C[C@@H](N)CNS(=O)(=O)N1C[C@@H](CCCB(O)O)[C@](N)(C(=O)O)C1. The molecule has 0 saturated carbocycles. The number of aliphatic carboxylic acids is 1. The molecule has 0 radical (unpaired) electrons. The van der Waals surface area contributed by atoms with Crippen LogP contribution >= 0.6 is 0 Å². The van der Waals surface area contributed by atoms with Crippen LogP contribution in [0.4, 0.5) is 0 Å². The molecule has 0 aliphatic carbocycles. The zero-order valence-electron chi connectivity index (χ0n) is 13.1. The Balaban J connectivity index is 2.81. The van der Waals surface area contributed by atoms with Crippen LogP contribution in [0, 0.1) is 5.92 Å². The van der Waals surface area contributed by atoms with Crippen LogP contribution in [0.1, 0.15) is 19.8 Å². The lowest BCUT2D eigenvalue weighted by molar-refractivity contribution is -0.144. The van der Waals surface area contributed by atoms with Gasteiger partial charge in [0.2, 0.25) is 0 Å². The number of nitrogens with two attached hydrogens (primary N) is 2. The van der Waals surface area contributed by atoms with Gasteiger partial charge in [-0.25, -0.2) is 4.72 Å². The summed E-state index contributed by atoms with van der Waals surface area (Å²) in [4.78, 5) is 11.5. The highest BCUT2D eigenvalue weighted by Gasteiger charge is 2.52. The second kappa shape index (κ2) is 7.88. The average molecular weight is 352 g/mol. The quantitative estimate of drug-likeness (QED) is 0.240. The van der Waals surface area contributed by atoms with E-state index >= 15 is 0 Å². The van der Waals surface area contributed by atoms with Crippen LogP contribution in [0.15, 0.2) is 0 Å². The minimum atomic E-state index is -3.87. The van der Waals surface area contributed by atoms with Crippen LogP contribution < -0.4 is 16.2 Å². The molecule has 1 aliphatic rings. The van der Waals surface area contributed by atoms with Crippen LogP contribution in [0.2, 0.25) is 6.32 Å². The van der Waals surface area contributed by atoms with Crippen molar-refractivity contribution in [2.75, 3.05) is 19.6 Å². The molecule has 0 unspecified atom stereocenters. The van der Waals surface area contributed by atoms with Gasteiger partial charge in [-0.1, -0.05) is 6.42 Å². The topological polar surface area (TPSA) is 179 Å². The van der Waals surface area contributed by atoms with Crippen LogP contribution in [0.5, 0.6) is 0 Å². The third-order valence-corrected chi connectivity index (χ3v) is 5.42. The average Bonchev–Trinajstić information content (AvgIpc) is 2.76. The maximum absolute atomic E-state index is 12.2. The van der Waals surface area contributed by atoms with E-state index in [9.17, 15) is 18.3 Å². The number of hydrogen-bond donors (Lipinski definition) is 6. The van der Waals surface area contributed by atoms with Crippen LogP contribution in [0.25, 0.3) is 0 Å². The normalized spacial score (nSPS) is 27.1.